The zero-order valence-electron chi connectivity index (χ0n) is 7.75. The molecule has 0 saturated heterocycles. The van der Waals surface area contributed by atoms with Crippen molar-refractivity contribution in [1.82, 2.24) is 15.0 Å². The van der Waals surface area contributed by atoms with Gasteiger partial charge in [-0.15, -0.1) is 0 Å². The van der Waals surface area contributed by atoms with Gasteiger partial charge in [-0.25, -0.2) is 9.47 Å². The number of H-pyrrole nitrogens is 1. The van der Waals surface area contributed by atoms with Crippen molar-refractivity contribution in [1.29, 1.82) is 0 Å². The van der Waals surface area contributed by atoms with Crippen LogP contribution in [0.5, 0.6) is 0 Å². The van der Waals surface area contributed by atoms with Gasteiger partial charge in [0.15, 0.2) is 0 Å². The summed E-state index contributed by atoms with van der Waals surface area (Å²) in [5.74, 6) is -0.546. The fourth-order valence-electron chi connectivity index (χ4n) is 0.934. The van der Waals surface area contributed by atoms with E-state index in [2.05, 4.69) is 10.7 Å². The third-order valence-electron chi connectivity index (χ3n) is 1.65. The molecule has 7 heteroatoms. The maximum Gasteiger partial charge on any atom is 0.346 e. The molecule has 1 rings (SSSR count). The zero-order chi connectivity index (χ0) is 10.7. The molecule has 0 spiro atoms. The van der Waals surface area contributed by atoms with Crippen LogP contribution in [0.25, 0.3) is 0 Å². The van der Waals surface area contributed by atoms with E-state index in [0.29, 0.717) is 0 Å². The summed E-state index contributed by atoms with van der Waals surface area (Å²) in [6.07, 6.45) is 1.14. The standard InChI is InChI=1S/C7H10N4O3/c1-8-5(12)4-3-11(9-2)7(14)10-6(4)13/h3,9H,1-2H3,(H,8,12)(H,10,13,14). The highest BCUT2D eigenvalue weighted by atomic mass is 16.2. The van der Waals surface area contributed by atoms with Gasteiger partial charge in [0.05, 0.1) is 0 Å². The number of aromatic nitrogens is 2. The monoisotopic (exact) mass is 198 g/mol. The van der Waals surface area contributed by atoms with Crippen molar-refractivity contribution >= 4 is 5.91 Å². The van der Waals surface area contributed by atoms with Crippen LogP contribution in [-0.4, -0.2) is 29.7 Å². The Balaban J connectivity index is 3.39. The summed E-state index contributed by atoms with van der Waals surface area (Å²) in [4.78, 5) is 35.3. The first-order valence-corrected chi connectivity index (χ1v) is 3.86. The van der Waals surface area contributed by atoms with Crippen LogP contribution in [0.1, 0.15) is 10.4 Å². The first-order chi connectivity index (χ1) is 6.60. The molecule has 0 atom stereocenters. The minimum absolute atomic E-state index is 0.124. The second-order valence-corrected chi connectivity index (χ2v) is 2.47. The van der Waals surface area contributed by atoms with Crippen molar-refractivity contribution in [2.24, 2.45) is 0 Å². The van der Waals surface area contributed by atoms with E-state index in [-0.39, 0.29) is 5.56 Å². The minimum Gasteiger partial charge on any atom is -0.355 e. The Morgan fingerprint density at radius 2 is 2.07 bits per heavy atom. The van der Waals surface area contributed by atoms with Gasteiger partial charge in [-0.2, -0.15) is 0 Å². The quantitative estimate of drug-likeness (QED) is 0.515. The van der Waals surface area contributed by atoms with E-state index in [4.69, 9.17) is 0 Å². The summed E-state index contributed by atoms with van der Waals surface area (Å²) in [6, 6.07) is 0. The Hall–Kier alpha value is -2.05. The van der Waals surface area contributed by atoms with E-state index in [1.165, 1.54) is 14.1 Å². The predicted octanol–water partition coefficient (Wildman–Crippen LogP) is -1.93. The molecule has 0 aliphatic carbocycles. The van der Waals surface area contributed by atoms with E-state index in [0.717, 1.165) is 10.9 Å². The molecule has 3 N–H and O–H groups in total. The van der Waals surface area contributed by atoms with Crippen LogP contribution < -0.4 is 22.0 Å². The van der Waals surface area contributed by atoms with Crippen LogP contribution >= 0.6 is 0 Å². The number of carbonyl (C=O) groups is 1. The minimum atomic E-state index is -0.708. The average Bonchev–Trinajstić information content (AvgIpc) is 2.17. The molecule has 1 aromatic rings. The lowest BCUT2D eigenvalue weighted by Gasteiger charge is -2.04. The Labute approximate surface area is 78.7 Å². The van der Waals surface area contributed by atoms with Crippen LogP contribution in [0.4, 0.5) is 0 Å². The molecule has 7 nitrogen and oxygen atoms in total. The van der Waals surface area contributed by atoms with Crippen molar-refractivity contribution in [3.8, 4) is 0 Å². The second-order valence-electron chi connectivity index (χ2n) is 2.47. The van der Waals surface area contributed by atoms with Gasteiger partial charge in [0.1, 0.15) is 5.56 Å². The molecule has 0 radical (unpaired) electrons. The van der Waals surface area contributed by atoms with Crippen LogP contribution in [0.15, 0.2) is 15.8 Å². The SMILES string of the molecule is CNC(=O)c1cn(NC)c(=O)[nH]c1=O. The van der Waals surface area contributed by atoms with Gasteiger partial charge >= 0.3 is 5.69 Å². The number of hydrogen-bond donors (Lipinski definition) is 3. The average molecular weight is 198 g/mol. The van der Waals surface area contributed by atoms with Gasteiger partial charge in [0.25, 0.3) is 11.5 Å². The summed E-state index contributed by atoms with van der Waals surface area (Å²) in [5, 5.41) is 2.29. The number of rotatable bonds is 2. The molecule has 1 heterocycles. The van der Waals surface area contributed by atoms with E-state index < -0.39 is 17.2 Å². The van der Waals surface area contributed by atoms with Crippen molar-refractivity contribution in [2.45, 2.75) is 0 Å². The molecule has 0 aliphatic heterocycles. The molecular weight excluding hydrogens is 188 g/mol. The third kappa shape index (κ3) is 1.65. The number of nitrogens with one attached hydrogen (secondary N) is 3. The van der Waals surface area contributed by atoms with Crippen LogP contribution in [0, 0.1) is 0 Å². The van der Waals surface area contributed by atoms with Crippen molar-refractivity contribution < 1.29 is 4.79 Å². The normalized spacial score (nSPS) is 9.57. The Bertz CT molecular complexity index is 459. The lowest BCUT2D eigenvalue weighted by Crippen LogP contribution is -2.38. The van der Waals surface area contributed by atoms with Crippen molar-refractivity contribution in [2.75, 3.05) is 19.5 Å². The smallest absolute Gasteiger partial charge is 0.346 e. The first-order valence-electron chi connectivity index (χ1n) is 3.86. The van der Waals surface area contributed by atoms with Crippen molar-refractivity contribution in [3.05, 3.63) is 32.6 Å². The Morgan fingerprint density at radius 1 is 1.43 bits per heavy atom. The largest absolute Gasteiger partial charge is 0.355 e. The summed E-state index contributed by atoms with van der Waals surface area (Å²) in [7, 11) is 2.89. The summed E-state index contributed by atoms with van der Waals surface area (Å²) in [6.45, 7) is 0. The molecule has 76 valence electrons. The van der Waals surface area contributed by atoms with Crippen LogP contribution in [0.2, 0.25) is 0 Å². The zero-order valence-corrected chi connectivity index (χ0v) is 7.75. The molecule has 0 saturated carbocycles. The highest BCUT2D eigenvalue weighted by molar-refractivity contribution is 5.93. The van der Waals surface area contributed by atoms with Crippen molar-refractivity contribution in [3.63, 3.8) is 0 Å². The number of amides is 1. The Morgan fingerprint density at radius 3 is 2.57 bits per heavy atom. The van der Waals surface area contributed by atoms with Gasteiger partial charge in [-0.3, -0.25) is 14.6 Å². The number of nitrogens with zero attached hydrogens (tertiary/aromatic N) is 1. The predicted molar refractivity (Wildman–Crippen MR) is 50.0 cm³/mol. The molecule has 0 unspecified atom stereocenters. The highest BCUT2D eigenvalue weighted by Crippen LogP contribution is 1.84. The molecule has 1 amide bonds. The molecule has 0 bridgehead atoms. The maximum absolute atomic E-state index is 11.2. The molecular formula is C7H10N4O3. The van der Waals surface area contributed by atoms with E-state index in [1.54, 1.807) is 0 Å². The van der Waals surface area contributed by atoms with E-state index in [9.17, 15) is 14.4 Å². The van der Waals surface area contributed by atoms with Crippen LogP contribution in [0.3, 0.4) is 0 Å². The van der Waals surface area contributed by atoms with Gasteiger partial charge in [0, 0.05) is 20.3 Å². The van der Waals surface area contributed by atoms with Gasteiger partial charge in [-0.05, 0) is 0 Å². The number of hydrogen-bond acceptors (Lipinski definition) is 4. The van der Waals surface area contributed by atoms with Gasteiger partial charge in [-0.1, -0.05) is 0 Å². The number of carbonyl (C=O) groups excluding carboxylic acids is 1. The summed E-state index contributed by atoms with van der Waals surface area (Å²) in [5.41, 5.74) is 1.04. The molecule has 14 heavy (non-hydrogen) atoms. The molecule has 0 fully saturated rings. The molecule has 0 aromatic carbocycles. The van der Waals surface area contributed by atoms with Gasteiger partial charge < -0.3 is 10.7 Å². The van der Waals surface area contributed by atoms with Crippen LogP contribution in [-0.2, 0) is 0 Å². The first kappa shape index (κ1) is 10.0. The maximum atomic E-state index is 11.2. The lowest BCUT2D eigenvalue weighted by atomic mass is 10.3. The van der Waals surface area contributed by atoms with E-state index in [1.807, 2.05) is 4.98 Å². The van der Waals surface area contributed by atoms with E-state index >= 15 is 0 Å². The summed E-state index contributed by atoms with van der Waals surface area (Å²) < 4.78 is 1.01. The fraction of sp³-hybridized carbons (Fsp3) is 0.286. The fourth-order valence-corrected chi connectivity index (χ4v) is 0.934. The Kier molecular flexibility index (Phi) is 2.70. The topological polar surface area (TPSA) is 96.0 Å². The molecule has 1 aromatic heterocycles. The lowest BCUT2D eigenvalue weighted by molar-refractivity contribution is 0.0960. The summed E-state index contributed by atoms with van der Waals surface area (Å²) >= 11 is 0. The molecule has 0 aliphatic rings. The third-order valence-corrected chi connectivity index (χ3v) is 1.65. The number of aromatic amines is 1. The highest BCUT2D eigenvalue weighted by Gasteiger charge is 2.10. The second kappa shape index (κ2) is 3.77. The van der Waals surface area contributed by atoms with Gasteiger partial charge in [0.2, 0.25) is 0 Å².